The topological polar surface area (TPSA) is 29.9 Å². The highest BCUT2D eigenvalue weighted by Crippen LogP contribution is 2.16. The van der Waals surface area contributed by atoms with E-state index in [1.165, 1.54) is 3.57 Å². The minimum atomic E-state index is 0.452. The molecule has 0 radical (unpaired) electrons. The standard InChI is InChI=1S/C9H16IN3/c1-7(2)9(5-11-3)13-6-8(10)4-12-13/h4,6-7,9,11H,5H2,1-3H3. The lowest BCUT2D eigenvalue weighted by Gasteiger charge is -2.20. The molecule has 74 valence electrons. The van der Waals surface area contributed by atoms with Gasteiger partial charge in [0, 0.05) is 12.7 Å². The maximum atomic E-state index is 4.33. The van der Waals surface area contributed by atoms with Crippen molar-refractivity contribution in [1.29, 1.82) is 0 Å². The Morgan fingerprint density at radius 2 is 2.31 bits per heavy atom. The lowest BCUT2D eigenvalue weighted by atomic mass is 10.1. The summed E-state index contributed by atoms with van der Waals surface area (Å²) in [6.45, 7) is 5.41. The van der Waals surface area contributed by atoms with Gasteiger partial charge in [0.05, 0.1) is 15.8 Å². The van der Waals surface area contributed by atoms with Crippen LogP contribution in [0.4, 0.5) is 0 Å². The zero-order valence-corrected chi connectivity index (χ0v) is 10.4. The fraction of sp³-hybridized carbons (Fsp3) is 0.667. The fourth-order valence-corrected chi connectivity index (χ4v) is 1.75. The zero-order chi connectivity index (χ0) is 9.84. The maximum Gasteiger partial charge on any atom is 0.0666 e. The molecule has 1 rings (SSSR count). The van der Waals surface area contributed by atoms with Crippen LogP contribution >= 0.6 is 22.6 Å². The summed E-state index contributed by atoms with van der Waals surface area (Å²) >= 11 is 2.28. The summed E-state index contributed by atoms with van der Waals surface area (Å²) in [5.74, 6) is 0.600. The van der Waals surface area contributed by atoms with E-state index in [0.717, 1.165) is 6.54 Å². The Labute approximate surface area is 93.0 Å². The molecule has 1 aromatic rings. The quantitative estimate of drug-likeness (QED) is 0.859. The molecular formula is C9H16IN3. The number of hydrogen-bond acceptors (Lipinski definition) is 2. The molecule has 1 unspecified atom stereocenters. The SMILES string of the molecule is CNCC(C(C)C)n1cc(I)cn1. The van der Waals surface area contributed by atoms with E-state index in [9.17, 15) is 0 Å². The number of likely N-dealkylation sites (N-methyl/N-ethyl adjacent to an activating group) is 1. The first-order chi connectivity index (χ1) is 6.15. The summed E-state index contributed by atoms with van der Waals surface area (Å²) in [6, 6.07) is 0.452. The van der Waals surface area contributed by atoms with Crippen LogP contribution < -0.4 is 5.32 Å². The monoisotopic (exact) mass is 293 g/mol. The van der Waals surface area contributed by atoms with Gasteiger partial charge in [-0.2, -0.15) is 5.10 Å². The van der Waals surface area contributed by atoms with Crippen LogP contribution in [0.1, 0.15) is 19.9 Å². The molecule has 0 saturated heterocycles. The number of nitrogens with zero attached hydrogens (tertiary/aromatic N) is 2. The lowest BCUT2D eigenvalue weighted by Crippen LogP contribution is -2.26. The third kappa shape index (κ3) is 2.95. The van der Waals surface area contributed by atoms with Crippen molar-refractivity contribution in [3.63, 3.8) is 0 Å². The van der Waals surface area contributed by atoms with Crippen LogP contribution in [-0.4, -0.2) is 23.4 Å². The minimum absolute atomic E-state index is 0.452. The Balaban J connectivity index is 2.75. The number of nitrogens with one attached hydrogen (secondary N) is 1. The van der Waals surface area contributed by atoms with E-state index in [2.05, 4.69) is 53.1 Å². The van der Waals surface area contributed by atoms with Gasteiger partial charge in [0.1, 0.15) is 0 Å². The van der Waals surface area contributed by atoms with E-state index in [1.54, 1.807) is 0 Å². The molecule has 0 aliphatic rings. The first-order valence-electron chi connectivity index (χ1n) is 4.49. The number of aromatic nitrogens is 2. The highest BCUT2D eigenvalue weighted by Gasteiger charge is 2.14. The van der Waals surface area contributed by atoms with Gasteiger partial charge in [-0.15, -0.1) is 0 Å². The minimum Gasteiger partial charge on any atom is -0.318 e. The molecule has 1 atom stereocenters. The summed E-state index contributed by atoms with van der Waals surface area (Å²) in [7, 11) is 1.98. The van der Waals surface area contributed by atoms with Crippen LogP contribution in [0.5, 0.6) is 0 Å². The molecule has 0 saturated carbocycles. The lowest BCUT2D eigenvalue weighted by molar-refractivity contribution is 0.337. The van der Waals surface area contributed by atoms with Crippen LogP contribution in [0.3, 0.4) is 0 Å². The molecule has 3 nitrogen and oxygen atoms in total. The van der Waals surface area contributed by atoms with Crippen molar-refractivity contribution in [3.8, 4) is 0 Å². The van der Waals surface area contributed by atoms with Crippen molar-refractivity contribution in [3.05, 3.63) is 16.0 Å². The van der Waals surface area contributed by atoms with Crippen molar-refractivity contribution < 1.29 is 0 Å². The molecule has 0 spiro atoms. The van der Waals surface area contributed by atoms with Crippen LogP contribution in [0.15, 0.2) is 12.4 Å². The van der Waals surface area contributed by atoms with E-state index < -0.39 is 0 Å². The Bertz CT molecular complexity index is 257. The average molecular weight is 293 g/mol. The largest absolute Gasteiger partial charge is 0.318 e. The van der Waals surface area contributed by atoms with Gasteiger partial charge in [0.2, 0.25) is 0 Å². The fourth-order valence-electron chi connectivity index (χ4n) is 1.34. The molecule has 0 bridgehead atoms. The Morgan fingerprint density at radius 1 is 1.62 bits per heavy atom. The molecule has 0 aliphatic heterocycles. The van der Waals surface area contributed by atoms with Gasteiger partial charge in [-0.1, -0.05) is 13.8 Å². The second-order valence-corrected chi connectivity index (χ2v) is 4.75. The summed E-state index contributed by atoms with van der Waals surface area (Å²) < 4.78 is 3.24. The summed E-state index contributed by atoms with van der Waals surface area (Å²) in [5, 5.41) is 7.52. The molecule has 0 aromatic carbocycles. The van der Waals surface area contributed by atoms with Crippen molar-refractivity contribution in [1.82, 2.24) is 15.1 Å². The maximum absolute atomic E-state index is 4.33. The van der Waals surface area contributed by atoms with Crippen molar-refractivity contribution >= 4 is 22.6 Å². The summed E-state index contributed by atoms with van der Waals surface area (Å²) in [4.78, 5) is 0. The smallest absolute Gasteiger partial charge is 0.0666 e. The predicted molar refractivity (Wildman–Crippen MR) is 62.7 cm³/mol. The molecule has 0 aliphatic carbocycles. The van der Waals surface area contributed by atoms with E-state index in [1.807, 2.05) is 17.9 Å². The van der Waals surface area contributed by atoms with E-state index in [-0.39, 0.29) is 0 Å². The number of hydrogen-bond donors (Lipinski definition) is 1. The van der Waals surface area contributed by atoms with Crippen molar-refractivity contribution in [2.24, 2.45) is 5.92 Å². The van der Waals surface area contributed by atoms with Gasteiger partial charge < -0.3 is 5.32 Å². The third-order valence-electron chi connectivity index (χ3n) is 2.09. The van der Waals surface area contributed by atoms with E-state index in [0.29, 0.717) is 12.0 Å². The summed E-state index contributed by atoms with van der Waals surface area (Å²) in [5.41, 5.74) is 0. The molecule has 0 amide bonds. The van der Waals surface area contributed by atoms with E-state index in [4.69, 9.17) is 0 Å². The highest BCUT2D eigenvalue weighted by molar-refractivity contribution is 14.1. The molecule has 1 aromatic heterocycles. The van der Waals surface area contributed by atoms with Crippen LogP contribution in [0, 0.1) is 9.49 Å². The molecule has 0 fully saturated rings. The predicted octanol–water partition coefficient (Wildman–Crippen LogP) is 1.90. The Hall–Kier alpha value is -0.100. The van der Waals surface area contributed by atoms with Gasteiger partial charge in [-0.3, -0.25) is 4.68 Å². The van der Waals surface area contributed by atoms with Gasteiger partial charge in [-0.25, -0.2) is 0 Å². The van der Waals surface area contributed by atoms with Crippen LogP contribution in [0.25, 0.3) is 0 Å². The third-order valence-corrected chi connectivity index (χ3v) is 2.65. The zero-order valence-electron chi connectivity index (χ0n) is 8.29. The first-order valence-corrected chi connectivity index (χ1v) is 5.57. The summed E-state index contributed by atoms with van der Waals surface area (Å²) in [6.07, 6.45) is 3.98. The van der Waals surface area contributed by atoms with Gasteiger partial charge >= 0.3 is 0 Å². The second-order valence-electron chi connectivity index (χ2n) is 3.51. The van der Waals surface area contributed by atoms with Crippen molar-refractivity contribution in [2.45, 2.75) is 19.9 Å². The first kappa shape index (κ1) is 11.0. The highest BCUT2D eigenvalue weighted by atomic mass is 127. The second kappa shape index (κ2) is 4.95. The van der Waals surface area contributed by atoms with Gasteiger partial charge in [0.25, 0.3) is 0 Å². The Kier molecular flexibility index (Phi) is 4.18. The molecular weight excluding hydrogens is 277 g/mol. The molecule has 1 heterocycles. The average Bonchev–Trinajstić information content (AvgIpc) is 2.46. The van der Waals surface area contributed by atoms with Gasteiger partial charge in [-0.05, 0) is 35.6 Å². The number of rotatable bonds is 4. The molecule has 13 heavy (non-hydrogen) atoms. The van der Waals surface area contributed by atoms with E-state index >= 15 is 0 Å². The normalized spacial score (nSPS) is 13.6. The molecule has 1 N–H and O–H groups in total. The molecule has 4 heteroatoms. The van der Waals surface area contributed by atoms with Crippen LogP contribution in [-0.2, 0) is 0 Å². The van der Waals surface area contributed by atoms with Crippen molar-refractivity contribution in [2.75, 3.05) is 13.6 Å². The van der Waals surface area contributed by atoms with Crippen LogP contribution in [0.2, 0.25) is 0 Å². The Morgan fingerprint density at radius 3 is 2.69 bits per heavy atom. The number of halogens is 1. The van der Waals surface area contributed by atoms with Gasteiger partial charge in [0.15, 0.2) is 0 Å².